The second-order valence-electron chi connectivity index (χ2n) is 5.01. The van der Waals surface area contributed by atoms with Gasteiger partial charge in [-0.2, -0.15) is 0 Å². The maximum absolute atomic E-state index is 6.17. The van der Waals surface area contributed by atoms with E-state index in [9.17, 15) is 0 Å². The summed E-state index contributed by atoms with van der Waals surface area (Å²) < 4.78 is 1.01. The molecule has 4 aromatic rings. The molecule has 0 atom stereocenters. The van der Waals surface area contributed by atoms with Crippen LogP contribution < -0.4 is 0 Å². The van der Waals surface area contributed by atoms with Gasteiger partial charge in [-0.05, 0) is 42.5 Å². The molecule has 112 valence electrons. The van der Waals surface area contributed by atoms with Crippen LogP contribution in [-0.4, -0.2) is 19.9 Å². The summed E-state index contributed by atoms with van der Waals surface area (Å²) in [6.07, 6.45) is 3.47. The largest absolute Gasteiger partial charge is 0.337 e. The van der Waals surface area contributed by atoms with E-state index >= 15 is 0 Å². The standard InChI is InChI=1S/C17H10BrClN4/c18-11-4-6-13-15(8-11)23-17(22-13)14-5-3-10(9-21-14)16-12(19)2-1-7-20-16/h1-9H,(H,22,23). The summed E-state index contributed by atoms with van der Waals surface area (Å²) in [7, 11) is 0. The Bertz CT molecular complexity index is 995. The topological polar surface area (TPSA) is 54.5 Å². The lowest BCUT2D eigenvalue weighted by Gasteiger charge is -2.03. The van der Waals surface area contributed by atoms with Crippen LogP contribution in [0.25, 0.3) is 33.8 Å². The van der Waals surface area contributed by atoms with E-state index in [1.165, 1.54) is 0 Å². The molecule has 1 aromatic carbocycles. The van der Waals surface area contributed by atoms with Crippen LogP contribution in [0.5, 0.6) is 0 Å². The van der Waals surface area contributed by atoms with Gasteiger partial charge in [0.2, 0.25) is 0 Å². The van der Waals surface area contributed by atoms with Gasteiger partial charge in [0.1, 0.15) is 5.69 Å². The molecule has 0 spiro atoms. The number of nitrogens with one attached hydrogen (secondary N) is 1. The van der Waals surface area contributed by atoms with Crippen LogP contribution in [0.15, 0.2) is 59.3 Å². The number of nitrogens with zero attached hydrogens (tertiary/aromatic N) is 3. The van der Waals surface area contributed by atoms with E-state index in [0.717, 1.165) is 38.3 Å². The summed E-state index contributed by atoms with van der Waals surface area (Å²) in [6, 6.07) is 13.4. The van der Waals surface area contributed by atoms with Crippen molar-refractivity contribution in [3.63, 3.8) is 0 Å². The third-order valence-electron chi connectivity index (χ3n) is 3.48. The number of hydrogen-bond acceptors (Lipinski definition) is 3. The summed E-state index contributed by atoms with van der Waals surface area (Å²) in [5.74, 6) is 0.733. The fraction of sp³-hybridized carbons (Fsp3) is 0. The molecule has 0 saturated heterocycles. The molecule has 0 aliphatic carbocycles. The Kier molecular flexibility index (Phi) is 3.59. The Labute approximate surface area is 145 Å². The monoisotopic (exact) mass is 384 g/mol. The SMILES string of the molecule is Clc1cccnc1-c1ccc(-c2nc3ccc(Br)cc3[nH]2)nc1. The van der Waals surface area contributed by atoms with Gasteiger partial charge in [-0.25, -0.2) is 4.98 Å². The second kappa shape index (κ2) is 5.76. The lowest BCUT2D eigenvalue weighted by atomic mass is 10.2. The summed E-state index contributed by atoms with van der Waals surface area (Å²) in [6.45, 7) is 0. The van der Waals surface area contributed by atoms with Crippen molar-refractivity contribution in [2.75, 3.05) is 0 Å². The predicted molar refractivity (Wildman–Crippen MR) is 95.3 cm³/mol. The summed E-state index contributed by atoms with van der Waals surface area (Å²) in [5.41, 5.74) is 4.24. The lowest BCUT2D eigenvalue weighted by Crippen LogP contribution is -1.89. The molecule has 0 unspecified atom stereocenters. The fourth-order valence-corrected chi connectivity index (χ4v) is 2.97. The van der Waals surface area contributed by atoms with Crippen LogP contribution in [0, 0.1) is 0 Å². The van der Waals surface area contributed by atoms with Crippen LogP contribution in [0.1, 0.15) is 0 Å². The van der Waals surface area contributed by atoms with Gasteiger partial charge in [0.25, 0.3) is 0 Å². The molecule has 0 amide bonds. The van der Waals surface area contributed by atoms with Crippen molar-refractivity contribution in [1.29, 1.82) is 0 Å². The van der Waals surface area contributed by atoms with Crippen LogP contribution in [0.3, 0.4) is 0 Å². The zero-order chi connectivity index (χ0) is 15.8. The van der Waals surface area contributed by atoms with Crippen molar-refractivity contribution in [2.24, 2.45) is 0 Å². The Balaban J connectivity index is 1.73. The Morgan fingerprint density at radius 2 is 1.96 bits per heavy atom. The van der Waals surface area contributed by atoms with E-state index in [-0.39, 0.29) is 0 Å². The van der Waals surface area contributed by atoms with Gasteiger partial charge in [-0.1, -0.05) is 27.5 Å². The number of pyridine rings is 2. The maximum Gasteiger partial charge on any atom is 0.157 e. The first-order valence-corrected chi connectivity index (χ1v) is 8.10. The Morgan fingerprint density at radius 1 is 1.04 bits per heavy atom. The lowest BCUT2D eigenvalue weighted by molar-refractivity contribution is 1.23. The van der Waals surface area contributed by atoms with Crippen LogP contribution >= 0.6 is 27.5 Å². The third-order valence-corrected chi connectivity index (χ3v) is 4.28. The number of hydrogen-bond donors (Lipinski definition) is 1. The first-order valence-electron chi connectivity index (χ1n) is 6.93. The van der Waals surface area contributed by atoms with Crippen LogP contribution in [0.4, 0.5) is 0 Å². The molecule has 0 aliphatic heterocycles. The fourth-order valence-electron chi connectivity index (χ4n) is 2.38. The van der Waals surface area contributed by atoms with Gasteiger partial charge in [-0.3, -0.25) is 9.97 Å². The quantitative estimate of drug-likeness (QED) is 0.522. The first kappa shape index (κ1) is 14.4. The highest BCUT2D eigenvalue weighted by Crippen LogP contribution is 2.27. The molecule has 0 radical (unpaired) electrons. The van der Waals surface area contributed by atoms with E-state index in [2.05, 4.69) is 35.9 Å². The molecule has 1 N–H and O–H groups in total. The molecule has 3 heterocycles. The van der Waals surface area contributed by atoms with Crippen molar-refractivity contribution in [1.82, 2.24) is 19.9 Å². The molecule has 0 bridgehead atoms. The molecule has 23 heavy (non-hydrogen) atoms. The van der Waals surface area contributed by atoms with E-state index < -0.39 is 0 Å². The third kappa shape index (κ3) is 2.73. The smallest absolute Gasteiger partial charge is 0.157 e. The van der Waals surface area contributed by atoms with E-state index in [0.29, 0.717) is 5.02 Å². The van der Waals surface area contributed by atoms with Gasteiger partial charge >= 0.3 is 0 Å². The molecule has 4 nitrogen and oxygen atoms in total. The molecule has 0 saturated carbocycles. The normalized spacial score (nSPS) is 11.0. The molecule has 3 aromatic heterocycles. The number of halogens is 2. The Morgan fingerprint density at radius 3 is 2.74 bits per heavy atom. The van der Waals surface area contributed by atoms with E-state index in [4.69, 9.17) is 11.6 Å². The summed E-state index contributed by atoms with van der Waals surface area (Å²) >= 11 is 9.63. The van der Waals surface area contributed by atoms with Crippen molar-refractivity contribution in [2.45, 2.75) is 0 Å². The van der Waals surface area contributed by atoms with Crippen LogP contribution in [-0.2, 0) is 0 Å². The molecule has 0 aliphatic rings. The average molecular weight is 386 g/mol. The van der Waals surface area contributed by atoms with Gasteiger partial charge in [0, 0.05) is 22.4 Å². The zero-order valence-corrected chi connectivity index (χ0v) is 14.1. The maximum atomic E-state index is 6.17. The minimum absolute atomic E-state index is 0.607. The second-order valence-corrected chi connectivity index (χ2v) is 6.34. The minimum atomic E-state index is 0.607. The van der Waals surface area contributed by atoms with Gasteiger partial charge in [0.15, 0.2) is 5.82 Å². The van der Waals surface area contributed by atoms with Crippen LogP contribution in [0.2, 0.25) is 5.02 Å². The van der Waals surface area contributed by atoms with Crippen molar-refractivity contribution in [3.8, 4) is 22.8 Å². The molecular formula is C17H10BrClN4. The van der Waals surface area contributed by atoms with Gasteiger partial charge in [-0.15, -0.1) is 0 Å². The van der Waals surface area contributed by atoms with Gasteiger partial charge < -0.3 is 4.98 Å². The Hall–Kier alpha value is -2.24. The predicted octanol–water partition coefficient (Wildman–Crippen LogP) is 5.10. The number of aromatic nitrogens is 4. The van der Waals surface area contributed by atoms with Crippen molar-refractivity contribution in [3.05, 3.63) is 64.4 Å². The van der Waals surface area contributed by atoms with Gasteiger partial charge in [0.05, 0.1) is 21.7 Å². The summed E-state index contributed by atoms with van der Waals surface area (Å²) in [5, 5.41) is 0.607. The van der Waals surface area contributed by atoms with E-state index in [1.807, 2.05) is 36.4 Å². The number of fused-ring (bicyclic) bond motifs is 1. The molecule has 6 heteroatoms. The van der Waals surface area contributed by atoms with E-state index in [1.54, 1.807) is 18.5 Å². The first-order chi connectivity index (χ1) is 11.2. The highest BCUT2D eigenvalue weighted by molar-refractivity contribution is 9.10. The summed E-state index contributed by atoms with van der Waals surface area (Å²) in [4.78, 5) is 16.6. The number of aromatic amines is 1. The van der Waals surface area contributed by atoms with Crippen molar-refractivity contribution >= 4 is 38.6 Å². The number of rotatable bonds is 2. The number of benzene rings is 1. The minimum Gasteiger partial charge on any atom is -0.337 e. The average Bonchev–Trinajstić information content (AvgIpc) is 2.98. The molecular weight excluding hydrogens is 376 g/mol. The molecule has 0 fully saturated rings. The number of imidazole rings is 1. The zero-order valence-electron chi connectivity index (χ0n) is 11.8. The highest BCUT2D eigenvalue weighted by atomic mass is 79.9. The number of H-pyrrole nitrogens is 1. The highest BCUT2D eigenvalue weighted by Gasteiger charge is 2.09. The van der Waals surface area contributed by atoms with Crippen molar-refractivity contribution < 1.29 is 0 Å². The molecule has 4 rings (SSSR count).